The molecule has 0 radical (unpaired) electrons. The molecule has 25 heavy (non-hydrogen) atoms. The van der Waals surface area contributed by atoms with Crippen molar-refractivity contribution in [3.63, 3.8) is 0 Å². The molecule has 0 aliphatic heterocycles. The van der Waals surface area contributed by atoms with Gasteiger partial charge in [-0.1, -0.05) is 95.8 Å². The van der Waals surface area contributed by atoms with Crippen molar-refractivity contribution in [1.82, 2.24) is 0 Å². The van der Waals surface area contributed by atoms with Gasteiger partial charge in [-0.2, -0.15) is 0 Å². The zero-order chi connectivity index (χ0) is 18.2. The summed E-state index contributed by atoms with van der Waals surface area (Å²) in [5.41, 5.74) is 1.63. The van der Waals surface area contributed by atoms with Gasteiger partial charge in [0, 0.05) is 0 Å². The fraction of sp³-hybridized carbons (Fsp3) is 0.333. The average molecular weight is 346 g/mol. The van der Waals surface area contributed by atoms with E-state index >= 15 is 0 Å². The van der Waals surface area contributed by atoms with Gasteiger partial charge >= 0.3 is 11.9 Å². The zero-order valence-corrected chi connectivity index (χ0v) is 14.8. The summed E-state index contributed by atoms with van der Waals surface area (Å²) < 4.78 is 9.73. The second kappa shape index (κ2) is 16.2. The quantitative estimate of drug-likeness (QED) is 0.567. The second-order valence-corrected chi connectivity index (χ2v) is 4.12. The third-order valence-electron chi connectivity index (χ3n) is 2.59. The van der Waals surface area contributed by atoms with E-state index in [4.69, 9.17) is 9.47 Å². The van der Waals surface area contributed by atoms with Gasteiger partial charge in [-0.05, 0) is 11.1 Å². The average Bonchev–Trinajstić information content (AvgIpc) is 2.69. The maximum absolute atomic E-state index is 11.4. The van der Waals surface area contributed by atoms with Crippen molar-refractivity contribution in [3.05, 3.63) is 71.8 Å². The molecular formula is C21H30O4. The standard InChI is InChI=1S/C16H14O4.2C2H6.CH4/c17-15(19-11-13-7-3-1-4-8-13)16(18)20-12-14-9-5-2-6-10-14;2*1-2;/h1-10H,11-12H2;2*1-2H3;1H4. The maximum Gasteiger partial charge on any atom is 0.417 e. The van der Waals surface area contributed by atoms with Crippen LogP contribution in [0.25, 0.3) is 0 Å². The molecular weight excluding hydrogens is 316 g/mol. The van der Waals surface area contributed by atoms with E-state index in [1.54, 1.807) is 0 Å². The van der Waals surface area contributed by atoms with Gasteiger partial charge in [0.15, 0.2) is 0 Å². The second-order valence-electron chi connectivity index (χ2n) is 4.12. The van der Waals surface area contributed by atoms with E-state index < -0.39 is 11.9 Å². The molecule has 0 amide bonds. The topological polar surface area (TPSA) is 52.6 Å². The summed E-state index contributed by atoms with van der Waals surface area (Å²) in [6.07, 6.45) is 0. The first kappa shape index (κ1) is 24.6. The van der Waals surface area contributed by atoms with Crippen LogP contribution in [0.1, 0.15) is 46.2 Å². The zero-order valence-electron chi connectivity index (χ0n) is 14.8. The number of ether oxygens (including phenoxy) is 2. The lowest BCUT2D eigenvalue weighted by molar-refractivity contribution is -0.169. The van der Waals surface area contributed by atoms with E-state index in [-0.39, 0.29) is 20.6 Å². The van der Waals surface area contributed by atoms with Crippen molar-refractivity contribution in [2.75, 3.05) is 0 Å². The highest BCUT2D eigenvalue weighted by atomic mass is 16.6. The molecule has 2 aromatic rings. The van der Waals surface area contributed by atoms with Crippen molar-refractivity contribution in [1.29, 1.82) is 0 Å². The van der Waals surface area contributed by atoms with Gasteiger partial charge in [0.2, 0.25) is 0 Å². The van der Waals surface area contributed by atoms with Gasteiger partial charge in [-0.3, -0.25) is 0 Å². The molecule has 0 saturated carbocycles. The molecule has 0 heterocycles. The molecule has 0 aliphatic rings. The normalized spacial score (nSPS) is 8.32. The van der Waals surface area contributed by atoms with Gasteiger partial charge in [0.25, 0.3) is 0 Å². The van der Waals surface area contributed by atoms with Crippen molar-refractivity contribution in [2.45, 2.75) is 48.3 Å². The predicted molar refractivity (Wildman–Crippen MR) is 102 cm³/mol. The van der Waals surface area contributed by atoms with Crippen LogP contribution in [0.5, 0.6) is 0 Å². The molecule has 4 nitrogen and oxygen atoms in total. The molecule has 4 heteroatoms. The Morgan fingerprint density at radius 2 is 0.920 bits per heavy atom. The number of carbonyl (C=O) groups is 2. The maximum atomic E-state index is 11.4. The lowest BCUT2D eigenvalue weighted by Crippen LogP contribution is -2.20. The Hall–Kier alpha value is -2.62. The Labute approximate surface area is 151 Å². The van der Waals surface area contributed by atoms with Crippen LogP contribution in [0.15, 0.2) is 60.7 Å². The highest BCUT2D eigenvalue weighted by Gasteiger charge is 2.17. The number of hydrogen-bond donors (Lipinski definition) is 0. The monoisotopic (exact) mass is 346 g/mol. The van der Waals surface area contributed by atoms with Crippen LogP contribution < -0.4 is 0 Å². The Kier molecular flexibility index (Phi) is 16.0. The van der Waals surface area contributed by atoms with Crippen LogP contribution in [0.4, 0.5) is 0 Å². The smallest absolute Gasteiger partial charge is 0.417 e. The van der Waals surface area contributed by atoms with Gasteiger partial charge in [0.05, 0.1) is 0 Å². The number of rotatable bonds is 4. The molecule has 0 aromatic heterocycles. The highest BCUT2D eigenvalue weighted by molar-refractivity contribution is 6.29. The van der Waals surface area contributed by atoms with Crippen LogP contribution in [-0.2, 0) is 32.3 Å². The van der Waals surface area contributed by atoms with Crippen molar-refractivity contribution in [2.24, 2.45) is 0 Å². The first-order valence-corrected chi connectivity index (χ1v) is 8.17. The van der Waals surface area contributed by atoms with Gasteiger partial charge in [-0.25, -0.2) is 9.59 Å². The van der Waals surface area contributed by atoms with Crippen molar-refractivity contribution >= 4 is 11.9 Å². The Balaban J connectivity index is 0. The molecule has 0 bridgehead atoms. The van der Waals surface area contributed by atoms with Crippen molar-refractivity contribution < 1.29 is 19.1 Å². The molecule has 0 fully saturated rings. The van der Waals surface area contributed by atoms with E-state index in [1.807, 2.05) is 88.4 Å². The lowest BCUT2D eigenvalue weighted by atomic mass is 10.2. The van der Waals surface area contributed by atoms with Crippen LogP contribution in [-0.4, -0.2) is 11.9 Å². The Morgan fingerprint density at radius 3 is 1.20 bits per heavy atom. The predicted octanol–water partition coefficient (Wildman–Crippen LogP) is 5.16. The Morgan fingerprint density at radius 1 is 0.640 bits per heavy atom. The van der Waals surface area contributed by atoms with Gasteiger partial charge in [-0.15, -0.1) is 0 Å². The largest absolute Gasteiger partial charge is 0.452 e. The van der Waals surface area contributed by atoms with E-state index in [9.17, 15) is 9.59 Å². The van der Waals surface area contributed by atoms with Crippen molar-refractivity contribution in [3.8, 4) is 0 Å². The van der Waals surface area contributed by atoms with E-state index in [0.29, 0.717) is 0 Å². The Bertz CT molecular complexity index is 511. The fourth-order valence-corrected chi connectivity index (χ4v) is 1.56. The summed E-state index contributed by atoms with van der Waals surface area (Å²) in [6, 6.07) is 18.3. The number of hydrogen-bond acceptors (Lipinski definition) is 4. The molecule has 0 aliphatic carbocycles. The summed E-state index contributed by atoms with van der Waals surface area (Å²) in [6.45, 7) is 8.11. The SMILES string of the molecule is C.CC.CC.O=C(OCc1ccccc1)C(=O)OCc1ccccc1. The van der Waals surface area contributed by atoms with E-state index in [2.05, 4.69) is 0 Å². The lowest BCUT2D eigenvalue weighted by Gasteiger charge is -2.05. The number of carbonyl (C=O) groups excluding carboxylic acids is 2. The third kappa shape index (κ3) is 10.7. The molecule has 0 saturated heterocycles. The van der Waals surface area contributed by atoms with E-state index in [1.165, 1.54) is 0 Å². The molecule has 0 unspecified atom stereocenters. The first-order valence-electron chi connectivity index (χ1n) is 8.17. The third-order valence-corrected chi connectivity index (χ3v) is 2.59. The summed E-state index contributed by atoms with van der Waals surface area (Å²) in [7, 11) is 0. The van der Waals surface area contributed by atoms with Gasteiger partial charge < -0.3 is 9.47 Å². The van der Waals surface area contributed by atoms with Crippen LogP contribution >= 0.6 is 0 Å². The molecule has 138 valence electrons. The number of benzene rings is 2. The molecule has 2 rings (SSSR count). The van der Waals surface area contributed by atoms with E-state index in [0.717, 1.165) is 11.1 Å². The molecule has 0 N–H and O–H groups in total. The van der Waals surface area contributed by atoms with Crippen LogP contribution in [0, 0.1) is 0 Å². The van der Waals surface area contributed by atoms with Crippen LogP contribution in [0.3, 0.4) is 0 Å². The fourth-order valence-electron chi connectivity index (χ4n) is 1.56. The first-order chi connectivity index (χ1) is 11.8. The summed E-state index contributed by atoms with van der Waals surface area (Å²) in [4.78, 5) is 22.9. The molecule has 2 aromatic carbocycles. The minimum absolute atomic E-state index is 0. The molecule has 0 spiro atoms. The summed E-state index contributed by atoms with van der Waals surface area (Å²) in [5, 5.41) is 0. The number of esters is 2. The minimum atomic E-state index is -0.982. The summed E-state index contributed by atoms with van der Waals surface area (Å²) >= 11 is 0. The minimum Gasteiger partial charge on any atom is -0.452 e. The van der Waals surface area contributed by atoms with Gasteiger partial charge in [0.1, 0.15) is 13.2 Å². The van der Waals surface area contributed by atoms with Crippen LogP contribution in [0.2, 0.25) is 0 Å². The molecule has 0 atom stereocenters. The summed E-state index contributed by atoms with van der Waals surface area (Å²) in [5.74, 6) is -1.96. The highest BCUT2D eigenvalue weighted by Crippen LogP contribution is 2.03.